The summed E-state index contributed by atoms with van der Waals surface area (Å²) < 4.78 is 28.6. The van der Waals surface area contributed by atoms with Crippen LogP contribution in [-0.4, -0.2) is 14.3 Å². The second-order valence-electron chi connectivity index (χ2n) is 7.35. The lowest BCUT2D eigenvalue weighted by Gasteiger charge is -2.16. The van der Waals surface area contributed by atoms with Gasteiger partial charge in [-0.3, -0.25) is 9.52 Å². The van der Waals surface area contributed by atoms with Crippen molar-refractivity contribution in [3.8, 4) is 0 Å². The first kappa shape index (κ1) is 18.5. The molecule has 26 heavy (non-hydrogen) atoms. The summed E-state index contributed by atoms with van der Waals surface area (Å²) in [6, 6.07) is 8.91. The van der Waals surface area contributed by atoms with Gasteiger partial charge in [0.25, 0.3) is 10.0 Å². The zero-order chi connectivity index (χ0) is 19.2. The van der Waals surface area contributed by atoms with Gasteiger partial charge >= 0.3 is 0 Å². The topological polar surface area (TPSA) is 75.3 Å². The van der Waals surface area contributed by atoms with Crippen molar-refractivity contribution in [3.05, 3.63) is 52.6 Å². The van der Waals surface area contributed by atoms with Crippen LogP contribution < -0.4 is 10.0 Å². The van der Waals surface area contributed by atoms with Crippen molar-refractivity contribution in [2.24, 2.45) is 5.92 Å². The van der Waals surface area contributed by atoms with E-state index in [1.165, 1.54) is 0 Å². The van der Waals surface area contributed by atoms with Gasteiger partial charge in [0.15, 0.2) is 0 Å². The van der Waals surface area contributed by atoms with E-state index in [9.17, 15) is 13.2 Å². The Kier molecular flexibility index (Phi) is 4.56. The number of fused-ring (bicyclic) bond motifs is 1. The second kappa shape index (κ2) is 6.43. The Balaban J connectivity index is 1.99. The molecule has 0 saturated heterocycles. The summed E-state index contributed by atoms with van der Waals surface area (Å²) in [6.45, 7) is 9.51. The Labute approximate surface area is 154 Å². The highest BCUT2D eigenvalue weighted by atomic mass is 32.2. The van der Waals surface area contributed by atoms with Crippen molar-refractivity contribution in [2.75, 3.05) is 10.0 Å². The molecule has 1 aliphatic heterocycles. The summed E-state index contributed by atoms with van der Waals surface area (Å²) in [6.07, 6.45) is 0. The molecule has 1 unspecified atom stereocenters. The van der Waals surface area contributed by atoms with Crippen molar-refractivity contribution in [1.29, 1.82) is 0 Å². The highest BCUT2D eigenvalue weighted by Crippen LogP contribution is 2.39. The first-order valence-electron chi connectivity index (χ1n) is 8.65. The van der Waals surface area contributed by atoms with Gasteiger partial charge in [-0.05, 0) is 61.6 Å². The number of benzene rings is 2. The zero-order valence-corrected chi connectivity index (χ0v) is 16.5. The predicted molar refractivity (Wildman–Crippen MR) is 104 cm³/mol. The van der Waals surface area contributed by atoms with Gasteiger partial charge < -0.3 is 5.32 Å². The molecule has 1 aliphatic rings. The van der Waals surface area contributed by atoms with Crippen LogP contribution in [0.3, 0.4) is 0 Å². The molecule has 1 heterocycles. The van der Waals surface area contributed by atoms with E-state index in [-0.39, 0.29) is 17.7 Å². The number of carbonyl (C=O) groups excluding carboxylic acids is 1. The Morgan fingerprint density at radius 1 is 1.04 bits per heavy atom. The van der Waals surface area contributed by atoms with Crippen LogP contribution in [0.15, 0.2) is 35.2 Å². The van der Waals surface area contributed by atoms with E-state index in [0.29, 0.717) is 21.7 Å². The number of sulfonamides is 1. The van der Waals surface area contributed by atoms with Gasteiger partial charge in [-0.1, -0.05) is 31.5 Å². The minimum Gasteiger partial charge on any atom is -0.325 e. The van der Waals surface area contributed by atoms with Crippen LogP contribution >= 0.6 is 0 Å². The highest BCUT2D eigenvalue weighted by Gasteiger charge is 2.33. The SMILES string of the molecule is Cc1cc(C)c(S(=O)(=O)Nc2ccc3c(c2)C(C(C)C)C(=O)N3)c(C)c1. The average Bonchev–Trinajstić information content (AvgIpc) is 2.80. The van der Waals surface area contributed by atoms with Crippen molar-refractivity contribution < 1.29 is 13.2 Å². The van der Waals surface area contributed by atoms with Crippen LogP contribution in [-0.2, 0) is 14.8 Å². The smallest absolute Gasteiger partial charge is 0.262 e. The maximum atomic E-state index is 12.9. The Morgan fingerprint density at radius 2 is 1.65 bits per heavy atom. The molecule has 0 fully saturated rings. The molecule has 1 atom stereocenters. The van der Waals surface area contributed by atoms with Crippen LogP contribution in [0.25, 0.3) is 0 Å². The molecular formula is C20H24N2O3S. The molecule has 0 saturated carbocycles. The maximum Gasteiger partial charge on any atom is 0.262 e. The second-order valence-corrected chi connectivity index (χ2v) is 8.97. The molecule has 2 aromatic rings. The van der Waals surface area contributed by atoms with E-state index in [4.69, 9.17) is 0 Å². The number of hydrogen-bond donors (Lipinski definition) is 2. The molecule has 0 radical (unpaired) electrons. The van der Waals surface area contributed by atoms with E-state index in [1.807, 2.05) is 32.9 Å². The molecule has 2 aromatic carbocycles. The van der Waals surface area contributed by atoms with E-state index < -0.39 is 10.0 Å². The third kappa shape index (κ3) is 3.21. The quantitative estimate of drug-likeness (QED) is 0.848. The van der Waals surface area contributed by atoms with Gasteiger partial charge in [0.2, 0.25) is 5.91 Å². The summed E-state index contributed by atoms with van der Waals surface area (Å²) in [4.78, 5) is 12.5. The molecule has 0 spiro atoms. The first-order chi connectivity index (χ1) is 12.1. The van der Waals surface area contributed by atoms with Crippen LogP contribution in [0.1, 0.15) is 42.0 Å². The molecule has 0 aliphatic carbocycles. The van der Waals surface area contributed by atoms with Gasteiger partial charge in [0.05, 0.1) is 10.8 Å². The molecule has 1 amide bonds. The summed E-state index contributed by atoms with van der Waals surface area (Å²) in [5.74, 6) is -0.178. The number of anilines is 2. The molecule has 138 valence electrons. The first-order valence-corrected chi connectivity index (χ1v) is 10.1. The molecule has 0 bridgehead atoms. The fourth-order valence-corrected chi connectivity index (χ4v) is 5.31. The van der Waals surface area contributed by atoms with Gasteiger partial charge in [-0.2, -0.15) is 0 Å². The van der Waals surface area contributed by atoms with Crippen LogP contribution in [0.2, 0.25) is 0 Å². The number of amides is 1. The summed E-state index contributed by atoms with van der Waals surface area (Å²) in [5, 5.41) is 2.86. The standard InChI is InChI=1S/C20H24N2O3S/c1-11(2)18-16-10-15(6-7-17(16)21-20(18)23)22-26(24,25)19-13(4)8-12(3)9-14(19)5/h6-11,18,22H,1-5H3,(H,21,23). The third-order valence-electron chi connectivity index (χ3n) is 4.72. The van der Waals surface area contributed by atoms with Crippen molar-refractivity contribution in [1.82, 2.24) is 0 Å². The van der Waals surface area contributed by atoms with Crippen molar-refractivity contribution in [3.63, 3.8) is 0 Å². The fourth-order valence-electron chi connectivity index (χ4n) is 3.81. The average molecular weight is 372 g/mol. The zero-order valence-electron chi connectivity index (χ0n) is 15.7. The van der Waals surface area contributed by atoms with Crippen LogP contribution in [0, 0.1) is 26.7 Å². The Hall–Kier alpha value is -2.34. The normalized spacial score (nSPS) is 16.5. The highest BCUT2D eigenvalue weighted by molar-refractivity contribution is 7.92. The number of nitrogens with one attached hydrogen (secondary N) is 2. The summed E-state index contributed by atoms with van der Waals surface area (Å²) in [7, 11) is -3.72. The monoisotopic (exact) mass is 372 g/mol. The third-order valence-corrected chi connectivity index (χ3v) is 6.41. The predicted octanol–water partition coefficient (Wildman–Crippen LogP) is 4.10. The number of rotatable bonds is 4. The van der Waals surface area contributed by atoms with E-state index in [1.54, 1.807) is 32.0 Å². The Morgan fingerprint density at radius 3 is 2.23 bits per heavy atom. The van der Waals surface area contributed by atoms with Crippen molar-refractivity contribution in [2.45, 2.75) is 45.4 Å². The molecule has 0 aromatic heterocycles. The van der Waals surface area contributed by atoms with Gasteiger partial charge in [0, 0.05) is 11.4 Å². The summed E-state index contributed by atoms with van der Waals surface area (Å²) in [5.41, 5.74) is 4.51. The fraction of sp³-hybridized carbons (Fsp3) is 0.350. The number of carbonyl (C=O) groups is 1. The minimum absolute atomic E-state index is 0.0415. The molecule has 5 nitrogen and oxygen atoms in total. The minimum atomic E-state index is -3.72. The lowest BCUT2D eigenvalue weighted by molar-refractivity contribution is -0.117. The Bertz CT molecular complexity index is 971. The maximum absolute atomic E-state index is 12.9. The van der Waals surface area contributed by atoms with E-state index in [2.05, 4.69) is 10.0 Å². The number of aryl methyl sites for hydroxylation is 3. The van der Waals surface area contributed by atoms with Crippen LogP contribution in [0.4, 0.5) is 11.4 Å². The van der Waals surface area contributed by atoms with Crippen LogP contribution in [0.5, 0.6) is 0 Å². The molecule has 2 N–H and O–H groups in total. The molecule has 3 rings (SSSR count). The van der Waals surface area contributed by atoms with Gasteiger partial charge in [0.1, 0.15) is 0 Å². The summed E-state index contributed by atoms with van der Waals surface area (Å²) >= 11 is 0. The van der Waals surface area contributed by atoms with Crippen molar-refractivity contribution >= 4 is 27.3 Å². The van der Waals surface area contributed by atoms with E-state index >= 15 is 0 Å². The van der Waals surface area contributed by atoms with Gasteiger partial charge in [-0.15, -0.1) is 0 Å². The largest absolute Gasteiger partial charge is 0.325 e. The lowest BCUT2D eigenvalue weighted by Crippen LogP contribution is -2.17. The number of hydrogen-bond acceptors (Lipinski definition) is 3. The lowest BCUT2D eigenvalue weighted by atomic mass is 9.89. The molecule has 6 heteroatoms. The van der Waals surface area contributed by atoms with Gasteiger partial charge in [-0.25, -0.2) is 8.42 Å². The molecular weight excluding hydrogens is 348 g/mol. The van der Waals surface area contributed by atoms with E-state index in [0.717, 1.165) is 16.8 Å².